The van der Waals surface area contributed by atoms with Crippen molar-refractivity contribution < 1.29 is 9.53 Å². The van der Waals surface area contributed by atoms with Crippen LogP contribution in [0.4, 0.5) is 11.5 Å². The van der Waals surface area contributed by atoms with Gasteiger partial charge >= 0.3 is 0 Å². The van der Waals surface area contributed by atoms with Gasteiger partial charge in [-0.15, -0.1) is 0 Å². The van der Waals surface area contributed by atoms with Crippen molar-refractivity contribution in [3.63, 3.8) is 0 Å². The average Bonchev–Trinajstić information content (AvgIpc) is 3.11. The van der Waals surface area contributed by atoms with Crippen LogP contribution in [0.15, 0.2) is 36.7 Å². The summed E-state index contributed by atoms with van der Waals surface area (Å²) in [6.07, 6.45) is 3.76. The summed E-state index contributed by atoms with van der Waals surface area (Å²) in [5, 5.41) is 2.86. The quantitative estimate of drug-likeness (QED) is 0.919. The maximum absolute atomic E-state index is 12.5. The van der Waals surface area contributed by atoms with E-state index in [9.17, 15) is 4.79 Å². The Labute approximate surface area is 135 Å². The molecule has 6 nitrogen and oxygen atoms in total. The van der Waals surface area contributed by atoms with Crippen molar-refractivity contribution in [2.45, 2.75) is 19.8 Å². The Bertz CT molecular complexity index is 684. The molecule has 120 valence electrons. The van der Waals surface area contributed by atoms with Crippen LogP contribution in [0.2, 0.25) is 0 Å². The standard InChI is InChI=1S/C17H20N4O2/c1-2-23-15-8-4-3-7-13(15)20-17(22)14-11-16(19-12-18-14)21-9-5-6-10-21/h3-4,7-8,11-12H,2,5-6,9-10H2,1H3,(H,20,22). The van der Waals surface area contributed by atoms with Gasteiger partial charge in [-0.25, -0.2) is 9.97 Å². The molecule has 1 fully saturated rings. The molecule has 0 saturated carbocycles. The molecule has 0 aliphatic carbocycles. The Morgan fingerprint density at radius 3 is 2.83 bits per heavy atom. The minimum absolute atomic E-state index is 0.264. The number of benzene rings is 1. The molecule has 1 amide bonds. The van der Waals surface area contributed by atoms with Gasteiger partial charge in [0, 0.05) is 19.2 Å². The number of carbonyl (C=O) groups is 1. The second kappa shape index (κ2) is 7.09. The van der Waals surface area contributed by atoms with Crippen molar-refractivity contribution in [1.82, 2.24) is 9.97 Å². The molecule has 0 radical (unpaired) electrons. The lowest BCUT2D eigenvalue weighted by molar-refractivity contribution is 0.102. The summed E-state index contributed by atoms with van der Waals surface area (Å²) in [7, 11) is 0. The van der Waals surface area contributed by atoms with Gasteiger partial charge in [0.05, 0.1) is 12.3 Å². The Morgan fingerprint density at radius 2 is 2.04 bits per heavy atom. The number of amides is 1. The number of hydrogen-bond acceptors (Lipinski definition) is 5. The zero-order chi connectivity index (χ0) is 16.1. The number of para-hydroxylation sites is 2. The van der Waals surface area contributed by atoms with E-state index in [4.69, 9.17) is 4.74 Å². The third-order valence-corrected chi connectivity index (χ3v) is 3.75. The third kappa shape index (κ3) is 3.59. The van der Waals surface area contributed by atoms with Gasteiger partial charge in [-0.05, 0) is 31.9 Å². The van der Waals surface area contributed by atoms with Gasteiger partial charge in [0.2, 0.25) is 0 Å². The monoisotopic (exact) mass is 312 g/mol. The van der Waals surface area contributed by atoms with E-state index in [1.165, 1.54) is 6.33 Å². The van der Waals surface area contributed by atoms with E-state index in [1.807, 2.05) is 31.2 Å². The average molecular weight is 312 g/mol. The van der Waals surface area contributed by atoms with E-state index >= 15 is 0 Å². The lowest BCUT2D eigenvalue weighted by Gasteiger charge is -2.16. The first-order chi connectivity index (χ1) is 11.3. The summed E-state index contributed by atoms with van der Waals surface area (Å²) >= 11 is 0. The first-order valence-electron chi connectivity index (χ1n) is 7.88. The van der Waals surface area contributed by atoms with Crippen molar-refractivity contribution in [1.29, 1.82) is 0 Å². The molecule has 1 N–H and O–H groups in total. The molecule has 2 heterocycles. The molecule has 1 saturated heterocycles. The highest BCUT2D eigenvalue weighted by Crippen LogP contribution is 2.24. The predicted molar refractivity (Wildman–Crippen MR) is 89.0 cm³/mol. The number of ether oxygens (including phenoxy) is 1. The molecule has 23 heavy (non-hydrogen) atoms. The van der Waals surface area contributed by atoms with E-state index in [0.29, 0.717) is 23.7 Å². The summed E-state index contributed by atoms with van der Waals surface area (Å²) in [4.78, 5) is 23.0. The fourth-order valence-corrected chi connectivity index (χ4v) is 2.63. The zero-order valence-electron chi connectivity index (χ0n) is 13.2. The molecule has 3 rings (SSSR count). The molecule has 0 bridgehead atoms. The number of aromatic nitrogens is 2. The van der Waals surface area contributed by atoms with Crippen LogP contribution in [0.3, 0.4) is 0 Å². The summed E-state index contributed by atoms with van der Waals surface area (Å²) in [5.41, 5.74) is 0.994. The van der Waals surface area contributed by atoms with Gasteiger partial charge in [0.25, 0.3) is 5.91 Å². The van der Waals surface area contributed by atoms with E-state index in [0.717, 1.165) is 31.7 Å². The molecule has 6 heteroatoms. The van der Waals surface area contributed by atoms with Gasteiger partial charge in [-0.3, -0.25) is 4.79 Å². The number of nitrogens with zero attached hydrogens (tertiary/aromatic N) is 3. The third-order valence-electron chi connectivity index (χ3n) is 3.75. The highest BCUT2D eigenvalue weighted by molar-refractivity contribution is 6.04. The zero-order valence-corrected chi connectivity index (χ0v) is 13.2. The van der Waals surface area contributed by atoms with Crippen molar-refractivity contribution in [3.05, 3.63) is 42.4 Å². The number of carbonyl (C=O) groups excluding carboxylic acids is 1. The van der Waals surface area contributed by atoms with Crippen molar-refractivity contribution >= 4 is 17.4 Å². The molecule has 1 aliphatic heterocycles. The van der Waals surface area contributed by atoms with E-state index < -0.39 is 0 Å². The Balaban J connectivity index is 1.77. The van der Waals surface area contributed by atoms with Gasteiger partial charge < -0.3 is 15.0 Å². The molecule has 0 unspecified atom stereocenters. The van der Waals surface area contributed by atoms with Crippen LogP contribution in [0.25, 0.3) is 0 Å². The first-order valence-corrected chi connectivity index (χ1v) is 7.88. The van der Waals surface area contributed by atoms with E-state index in [1.54, 1.807) is 6.07 Å². The number of rotatable bonds is 5. The SMILES string of the molecule is CCOc1ccccc1NC(=O)c1cc(N2CCCC2)ncn1. The van der Waals surface area contributed by atoms with Crippen molar-refractivity contribution in [2.24, 2.45) is 0 Å². The van der Waals surface area contributed by atoms with Gasteiger partial charge in [-0.1, -0.05) is 12.1 Å². The molecule has 0 atom stereocenters. The summed E-state index contributed by atoms with van der Waals surface area (Å²) in [6, 6.07) is 9.11. The highest BCUT2D eigenvalue weighted by Gasteiger charge is 2.17. The van der Waals surface area contributed by atoms with Crippen LogP contribution in [0.5, 0.6) is 5.75 Å². The van der Waals surface area contributed by atoms with E-state index in [-0.39, 0.29) is 5.91 Å². The smallest absolute Gasteiger partial charge is 0.274 e. The van der Waals surface area contributed by atoms with Gasteiger partial charge in [0.15, 0.2) is 0 Å². The Hall–Kier alpha value is -2.63. The largest absolute Gasteiger partial charge is 0.492 e. The van der Waals surface area contributed by atoms with E-state index in [2.05, 4.69) is 20.2 Å². The fourth-order valence-electron chi connectivity index (χ4n) is 2.63. The molecule has 1 aliphatic rings. The van der Waals surface area contributed by atoms with Crippen LogP contribution in [-0.4, -0.2) is 35.6 Å². The molecular formula is C17H20N4O2. The number of anilines is 2. The summed E-state index contributed by atoms with van der Waals surface area (Å²) in [6.45, 7) is 4.40. The Kier molecular flexibility index (Phi) is 4.71. The predicted octanol–water partition coefficient (Wildman–Crippen LogP) is 2.73. The fraction of sp³-hybridized carbons (Fsp3) is 0.353. The number of hydrogen-bond donors (Lipinski definition) is 1. The van der Waals surface area contributed by atoms with Gasteiger partial charge in [0.1, 0.15) is 23.6 Å². The van der Waals surface area contributed by atoms with Crippen molar-refractivity contribution in [2.75, 3.05) is 29.9 Å². The van der Waals surface area contributed by atoms with Crippen molar-refractivity contribution in [3.8, 4) is 5.75 Å². The Morgan fingerprint density at radius 1 is 1.26 bits per heavy atom. The second-order valence-corrected chi connectivity index (χ2v) is 5.34. The highest BCUT2D eigenvalue weighted by atomic mass is 16.5. The maximum Gasteiger partial charge on any atom is 0.274 e. The minimum Gasteiger partial charge on any atom is -0.492 e. The van der Waals surface area contributed by atoms with Crippen LogP contribution < -0.4 is 15.0 Å². The molecular weight excluding hydrogens is 292 g/mol. The van der Waals surface area contributed by atoms with Crippen LogP contribution in [-0.2, 0) is 0 Å². The first kappa shape index (κ1) is 15.3. The van der Waals surface area contributed by atoms with Crippen LogP contribution >= 0.6 is 0 Å². The lowest BCUT2D eigenvalue weighted by atomic mass is 10.2. The summed E-state index contributed by atoms with van der Waals surface area (Å²) in [5.74, 6) is 1.19. The van der Waals surface area contributed by atoms with Gasteiger partial charge in [-0.2, -0.15) is 0 Å². The molecule has 0 spiro atoms. The summed E-state index contributed by atoms with van der Waals surface area (Å²) < 4.78 is 5.52. The second-order valence-electron chi connectivity index (χ2n) is 5.34. The van der Waals surface area contributed by atoms with Crippen LogP contribution in [0, 0.1) is 0 Å². The minimum atomic E-state index is -0.264. The topological polar surface area (TPSA) is 67.3 Å². The maximum atomic E-state index is 12.5. The molecule has 1 aromatic heterocycles. The normalized spacial score (nSPS) is 13.9. The number of nitrogens with one attached hydrogen (secondary N) is 1. The lowest BCUT2D eigenvalue weighted by Crippen LogP contribution is -2.21. The molecule has 2 aromatic rings. The van der Waals surface area contributed by atoms with Crippen LogP contribution in [0.1, 0.15) is 30.3 Å². The molecule has 1 aromatic carbocycles.